The Hall–Kier alpha value is -2.78. The van der Waals surface area contributed by atoms with E-state index < -0.39 is 15.1 Å². The minimum Gasteiger partial charge on any atom is -0.486 e. The number of aromatic nitrogens is 2. The van der Waals surface area contributed by atoms with Gasteiger partial charge in [-0.1, -0.05) is 31.5 Å². The average Bonchev–Trinajstić information content (AvgIpc) is 3.20. The molecule has 7 nitrogen and oxygen atoms in total. The molecule has 0 unspecified atom stereocenters. The first-order chi connectivity index (χ1) is 14.8. The molecule has 9 heteroatoms. The predicted molar refractivity (Wildman–Crippen MR) is 120 cm³/mol. The molecule has 1 amide bonds. The lowest BCUT2D eigenvalue weighted by Crippen LogP contribution is -2.37. The number of sulfone groups is 1. The number of hydrogen-bond donors (Lipinski definition) is 0. The Labute approximate surface area is 186 Å². The van der Waals surface area contributed by atoms with Crippen molar-refractivity contribution < 1.29 is 17.9 Å². The molecule has 3 rings (SSSR count). The summed E-state index contributed by atoms with van der Waals surface area (Å²) in [5.74, 6) is 0.845. The first kappa shape index (κ1) is 22.9. The molecule has 0 fully saturated rings. The maximum absolute atomic E-state index is 12.9. The van der Waals surface area contributed by atoms with Crippen LogP contribution in [-0.2, 0) is 23.0 Å². The number of ether oxygens (including phenoxy) is 1. The van der Waals surface area contributed by atoms with E-state index in [0.717, 1.165) is 16.3 Å². The fourth-order valence-corrected chi connectivity index (χ4v) is 4.72. The number of pyridine rings is 1. The van der Waals surface area contributed by atoms with Crippen LogP contribution in [0.4, 0.5) is 4.79 Å². The summed E-state index contributed by atoms with van der Waals surface area (Å²) >= 11 is 1.41. The molecule has 0 radical (unpaired) electrons. The van der Waals surface area contributed by atoms with Gasteiger partial charge < -0.3 is 9.64 Å². The van der Waals surface area contributed by atoms with Crippen LogP contribution in [0.5, 0.6) is 5.75 Å². The summed E-state index contributed by atoms with van der Waals surface area (Å²) in [7, 11) is -4.17. The minimum absolute atomic E-state index is 0.0935. The Bertz CT molecular complexity index is 1110. The van der Waals surface area contributed by atoms with Gasteiger partial charge in [-0.2, -0.15) is 0 Å². The molecule has 3 aromatic rings. The van der Waals surface area contributed by atoms with Crippen molar-refractivity contribution in [3.63, 3.8) is 0 Å². The van der Waals surface area contributed by atoms with Crippen molar-refractivity contribution >= 4 is 26.4 Å². The van der Waals surface area contributed by atoms with Gasteiger partial charge in [-0.05, 0) is 37.1 Å². The number of carbonyl (C=O) groups excluding carboxylic acids is 1. The lowest BCUT2D eigenvalue weighted by molar-refractivity contribution is 0.209. The number of aryl methyl sites for hydroxylation is 1. The summed E-state index contributed by atoms with van der Waals surface area (Å²) in [5.41, 5.74) is 1.78. The minimum atomic E-state index is -4.17. The van der Waals surface area contributed by atoms with Crippen LogP contribution in [-0.4, -0.2) is 35.1 Å². The first-order valence-electron chi connectivity index (χ1n) is 9.82. The van der Waals surface area contributed by atoms with Gasteiger partial charge in [0.1, 0.15) is 17.4 Å². The largest absolute Gasteiger partial charge is 0.486 e. The van der Waals surface area contributed by atoms with Crippen molar-refractivity contribution in [3.05, 3.63) is 70.4 Å². The highest BCUT2D eigenvalue weighted by atomic mass is 32.2. The Morgan fingerprint density at radius 3 is 2.58 bits per heavy atom. The van der Waals surface area contributed by atoms with Crippen molar-refractivity contribution in [2.24, 2.45) is 5.92 Å². The summed E-state index contributed by atoms with van der Waals surface area (Å²) in [6.45, 7) is 6.58. The zero-order valence-electron chi connectivity index (χ0n) is 17.7. The fourth-order valence-electron chi connectivity index (χ4n) is 2.88. The predicted octanol–water partition coefficient (Wildman–Crippen LogP) is 4.48. The smallest absolute Gasteiger partial charge is 0.344 e. The molecule has 0 spiro atoms. The van der Waals surface area contributed by atoms with Gasteiger partial charge in [0.2, 0.25) is 0 Å². The van der Waals surface area contributed by atoms with Gasteiger partial charge in [-0.3, -0.25) is 9.78 Å². The summed E-state index contributed by atoms with van der Waals surface area (Å²) in [4.78, 5) is 22.5. The van der Waals surface area contributed by atoms with Crippen molar-refractivity contribution in [3.8, 4) is 5.75 Å². The lowest BCUT2D eigenvalue weighted by Gasteiger charge is -2.23. The van der Waals surface area contributed by atoms with Crippen LogP contribution in [0.3, 0.4) is 0 Å². The van der Waals surface area contributed by atoms with E-state index in [2.05, 4.69) is 9.97 Å². The van der Waals surface area contributed by atoms with Crippen molar-refractivity contribution in [1.82, 2.24) is 14.9 Å². The van der Waals surface area contributed by atoms with E-state index >= 15 is 0 Å². The summed E-state index contributed by atoms with van der Waals surface area (Å²) < 4.78 is 31.3. The van der Waals surface area contributed by atoms with Crippen LogP contribution < -0.4 is 4.74 Å². The molecule has 0 saturated heterocycles. The van der Waals surface area contributed by atoms with Crippen molar-refractivity contribution in [1.29, 1.82) is 0 Å². The Morgan fingerprint density at radius 1 is 1.19 bits per heavy atom. The molecule has 2 heterocycles. The molecule has 0 N–H and O–H groups in total. The van der Waals surface area contributed by atoms with Crippen LogP contribution in [0, 0.1) is 12.8 Å². The van der Waals surface area contributed by atoms with E-state index in [-0.39, 0.29) is 17.4 Å². The molecule has 1 aromatic carbocycles. The van der Waals surface area contributed by atoms with E-state index in [9.17, 15) is 13.2 Å². The standard InChI is InChI=1S/C22H25N3O4S2/c1-16(2)12-25(22(26)31(27,28)20-5-4-10-23-11-20)13-18-15-30-21(24-18)14-29-19-8-6-17(3)7-9-19/h4-11,15-16H,12-14H2,1-3H3. The second-order valence-electron chi connectivity index (χ2n) is 7.57. The maximum atomic E-state index is 12.9. The van der Waals surface area contributed by atoms with Crippen molar-refractivity contribution in [2.45, 2.75) is 38.8 Å². The van der Waals surface area contributed by atoms with Crippen LogP contribution in [0.2, 0.25) is 0 Å². The molecule has 31 heavy (non-hydrogen) atoms. The molecule has 0 bridgehead atoms. The monoisotopic (exact) mass is 459 g/mol. The van der Waals surface area contributed by atoms with Crippen LogP contribution >= 0.6 is 11.3 Å². The molecule has 0 aliphatic rings. The van der Waals surface area contributed by atoms with E-state index in [4.69, 9.17) is 4.74 Å². The summed E-state index contributed by atoms with van der Waals surface area (Å²) in [6, 6.07) is 10.6. The summed E-state index contributed by atoms with van der Waals surface area (Å²) in [6.07, 6.45) is 2.65. The number of carbonyl (C=O) groups is 1. The molecule has 0 aliphatic heterocycles. The number of rotatable bonds is 8. The third-order valence-corrected chi connectivity index (χ3v) is 6.80. The highest BCUT2D eigenvalue weighted by Gasteiger charge is 2.31. The maximum Gasteiger partial charge on any atom is 0.344 e. The molecular weight excluding hydrogens is 434 g/mol. The summed E-state index contributed by atoms with van der Waals surface area (Å²) in [5, 5.41) is 1.63. The van der Waals surface area contributed by atoms with Crippen LogP contribution in [0.15, 0.2) is 59.1 Å². The van der Waals surface area contributed by atoms with Gasteiger partial charge in [0.15, 0.2) is 0 Å². The quantitative estimate of drug-likeness (QED) is 0.493. The Kier molecular flexibility index (Phi) is 7.40. The van der Waals surface area contributed by atoms with E-state index in [0.29, 0.717) is 18.8 Å². The molecule has 0 saturated carbocycles. The number of hydrogen-bond acceptors (Lipinski definition) is 7. The lowest BCUT2D eigenvalue weighted by atomic mass is 10.2. The molecular formula is C22H25N3O4S2. The molecule has 164 valence electrons. The molecule has 0 atom stereocenters. The third-order valence-electron chi connectivity index (χ3n) is 4.35. The number of amides is 1. The number of thiazole rings is 1. The number of benzene rings is 1. The average molecular weight is 460 g/mol. The zero-order valence-corrected chi connectivity index (χ0v) is 19.3. The van der Waals surface area contributed by atoms with Crippen molar-refractivity contribution in [2.75, 3.05) is 6.54 Å². The second-order valence-corrected chi connectivity index (χ2v) is 10.3. The topological polar surface area (TPSA) is 89.5 Å². The highest BCUT2D eigenvalue weighted by molar-refractivity contribution is 8.06. The van der Waals surface area contributed by atoms with Gasteiger partial charge >= 0.3 is 5.24 Å². The van der Waals surface area contributed by atoms with Gasteiger partial charge in [-0.15, -0.1) is 11.3 Å². The van der Waals surface area contributed by atoms with E-state index in [1.54, 1.807) is 0 Å². The van der Waals surface area contributed by atoms with Crippen LogP contribution in [0.1, 0.15) is 30.1 Å². The van der Waals surface area contributed by atoms with Crippen LogP contribution in [0.25, 0.3) is 0 Å². The fraction of sp³-hybridized carbons (Fsp3) is 0.318. The number of nitrogens with zero attached hydrogens (tertiary/aromatic N) is 3. The van der Waals surface area contributed by atoms with Gasteiger partial charge in [0.05, 0.1) is 17.1 Å². The molecule has 2 aromatic heterocycles. The Balaban J connectivity index is 1.71. The van der Waals surface area contributed by atoms with Gasteiger partial charge in [-0.25, -0.2) is 13.4 Å². The van der Waals surface area contributed by atoms with Gasteiger partial charge in [0, 0.05) is 24.3 Å². The first-order valence-corrected chi connectivity index (χ1v) is 12.2. The molecule has 0 aliphatic carbocycles. The Morgan fingerprint density at radius 2 is 1.94 bits per heavy atom. The zero-order chi connectivity index (χ0) is 22.4. The van der Waals surface area contributed by atoms with E-state index in [1.807, 2.05) is 50.4 Å². The highest BCUT2D eigenvalue weighted by Crippen LogP contribution is 2.20. The second kappa shape index (κ2) is 10.0. The van der Waals surface area contributed by atoms with E-state index in [1.165, 1.54) is 40.8 Å². The normalized spacial score (nSPS) is 11.5. The third kappa shape index (κ3) is 6.11. The SMILES string of the molecule is Cc1ccc(OCc2nc(CN(CC(C)C)C(=O)S(=O)(=O)c3cccnc3)cs2)cc1. The van der Waals surface area contributed by atoms with Gasteiger partial charge in [0.25, 0.3) is 9.84 Å².